The van der Waals surface area contributed by atoms with Crippen molar-refractivity contribution in [3.63, 3.8) is 0 Å². The Kier molecular flexibility index (Phi) is 5.08. The van der Waals surface area contributed by atoms with E-state index in [-0.39, 0.29) is 6.10 Å². The summed E-state index contributed by atoms with van der Waals surface area (Å²) < 4.78 is 6.84. The quantitative estimate of drug-likeness (QED) is 0.503. The molecule has 3 saturated heterocycles. The predicted molar refractivity (Wildman–Crippen MR) is 123 cm³/mol. The first kappa shape index (κ1) is 19.3. The Morgan fingerprint density at radius 3 is 2.67 bits per heavy atom. The van der Waals surface area contributed by atoms with Crippen molar-refractivity contribution in [3.8, 4) is 5.75 Å². The summed E-state index contributed by atoms with van der Waals surface area (Å²) in [5.74, 6) is 2.27. The molecule has 3 aliphatic heterocycles. The second-order valence-electron chi connectivity index (χ2n) is 9.03. The Morgan fingerprint density at radius 2 is 1.93 bits per heavy atom. The van der Waals surface area contributed by atoms with E-state index in [9.17, 15) is 0 Å². The van der Waals surface area contributed by atoms with Gasteiger partial charge in [0.1, 0.15) is 11.9 Å². The zero-order valence-corrected chi connectivity index (χ0v) is 17.9. The molecule has 0 spiro atoms. The molecule has 3 heteroatoms. The molecule has 154 valence electrons. The highest BCUT2D eigenvalue weighted by atomic mass is 16.5. The Balaban J connectivity index is 1.58. The van der Waals surface area contributed by atoms with Gasteiger partial charge in [-0.3, -0.25) is 9.88 Å². The molecule has 3 aromatic rings. The number of piperidine rings is 3. The van der Waals surface area contributed by atoms with E-state index in [0.717, 1.165) is 30.8 Å². The number of nitrogens with zero attached hydrogens (tertiary/aromatic N) is 2. The summed E-state index contributed by atoms with van der Waals surface area (Å²) in [6.07, 6.45) is 6.49. The van der Waals surface area contributed by atoms with Crippen LogP contribution in [-0.2, 0) is 0 Å². The van der Waals surface area contributed by atoms with Gasteiger partial charge in [0.05, 0.1) is 11.6 Å². The fraction of sp³-hybridized carbons (Fsp3) is 0.370. The molecule has 0 aliphatic carbocycles. The third kappa shape index (κ3) is 3.52. The van der Waals surface area contributed by atoms with Gasteiger partial charge in [-0.1, -0.05) is 30.3 Å². The van der Waals surface area contributed by atoms with E-state index in [1.165, 1.54) is 28.5 Å². The highest BCUT2D eigenvalue weighted by Crippen LogP contribution is 2.43. The Bertz CT molecular complexity index is 1050. The van der Waals surface area contributed by atoms with E-state index in [1.54, 1.807) is 0 Å². The summed E-state index contributed by atoms with van der Waals surface area (Å²) in [5.41, 5.74) is 4.75. The van der Waals surface area contributed by atoms with E-state index in [1.807, 2.05) is 6.20 Å². The normalized spacial score (nSPS) is 26.5. The summed E-state index contributed by atoms with van der Waals surface area (Å²) in [6.45, 7) is 10.6. The monoisotopic (exact) mass is 398 g/mol. The van der Waals surface area contributed by atoms with Gasteiger partial charge in [-0.2, -0.15) is 0 Å². The maximum atomic E-state index is 6.84. The number of hydrogen-bond acceptors (Lipinski definition) is 3. The molecule has 1 unspecified atom stereocenters. The molecule has 2 aromatic carbocycles. The van der Waals surface area contributed by atoms with Crippen LogP contribution >= 0.6 is 0 Å². The highest BCUT2D eigenvalue weighted by Gasteiger charge is 2.43. The molecule has 5 atom stereocenters. The zero-order valence-electron chi connectivity index (χ0n) is 17.9. The number of para-hydroxylation sites is 1. The number of benzene rings is 2. The van der Waals surface area contributed by atoms with E-state index in [0.29, 0.717) is 17.9 Å². The number of rotatable bonds is 5. The minimum absolute atomic E-state index is 0.0207. The standard InChI is InChI=1S/C27H30N2O/c1-4-20-17-29-12-10-21(20)16-26(29)27(30-22-14-18(2)13-19(3)15-22)24-9-11-28-25-8-6-5-7-23(24)25/h4-9,11,13-15,20-21,26-27H,1,10,12,16-17H2,2-3H3/t20-,21-,26-,27+/m0/s1. The third-order valence-corrected chi connectivity index (χ3v) is 6.95. The molecule has 0 radical (unpaired) electrons. The average Bonchev–Trinajstić information content (AvgIpc) is 2.76. The van der Waals surface area contributed by atoms with Gasteiger partial charge < -0.3 is 4.74 Å². The van der Waals surface area contributed by atoms with Gasteiger partial charge in [0.25, 0.3) is 0 Å². The lowest BCUT2D eigenvalue weighted by molar-refractivity contribution is -0.0357. The van der Waals surface area contributed by atoms with Gasteiger partial charge in [-0.15, -0.1) is 6.58 Å². The van der Waals surface area contributed by atoms with E-state index >= 15 is 0 Å². The van der Waals surface area contributed by atoms with Crippen molar-refractivity contribution in [1.29, 1.82) is 0 Å². The number of fused-ring (bicyclic) bond motifs is 4. The van der Waals surface area contributed by atoms with Crippen molar-refractivity contribution < 1.29 is 4.74 Å². The van der Waals surface area contributed by atoms with Gasteiger partial charge in [-0.25, -0.2) is 0 Å². The highest BCUT2D eigenvalue weighted by molar-refractivity contribution is 5.82. The Labute approximate surface area is 179 Å². The van der Waals surface area contributed by atoms with Crippen LogP contribution in [0, 0.1) is 25.7 Å². The van der Waals surface area contributed by atoms with Crippen molar-refractivity contribution in [2.24, 2.45) is 11.8 Å². The van der Waals surface area contributed by atoms with Crippen LogP contribution in [-0.4, -0.2) is 29.0 Å². The topological polar surface area (TPSA) is 25.4 Å². The zero-order chi connectivity index (χ0) is 20.7. The molecule has 4 heterocycles. The van der Waals surface area contributed by atoms with Crippen molar-refractivity contribution in [2.45, 2.75) is 38.8 Å². The van der Waals surface area contributed by atoms with Crippen LogP contribution in [0.1, 0.15) is 35.6 Å². The summed E-state index contributed by atoms with van der Waals surface area (Å²) in [4.78, 5) is 7.23. The first-order chi connectivity index (χ1) is 14.6. The molecule has 3 nitrogen and oxygen atoms in total. The number of aromatic nitrogens is 1. The van der Waals surface area contributed by atoms with Gasteiger partial charge >= 0.3 is 0 Å². The van der Waals surface area contributed by atoms with Crippen LogP contribution in [0.2, 0.25) is 0 Å². The molecular formula is C27H30N2O. The minimum atomic E-state index is -0.0207. The molecule has 6 rings (SSSR count). The Hall–Kier alpha value is -2.65. The fourth-order valence-electron chi connectivity index (χ4n) is 5.55. The van der Waals surface area contributed by atoms with Crippen molar-refractivity contribution in [3.05, 3.63) is 84.1 Å². The van der Waals surface area contributed by atoms with Gasteiger partial charge in [0.2, 0.25) is 0 Å². The van der Waals surface area contributed by atoms with Crippen molar-refractivity contribution >= 4 is 10.9 Å². The molecule has 3 aliphatic rings. The third-order valence-electron chi connectivity index (χ3n) is 6.95. The molecule has 1 aromatic heterocycles. The number of hydrogen-bond donors (Lipinski definition) is 0. The lowest BCUT2D eigenvalue weighted by Crippen LogP contribution is -2.55. The maximum absolute atomic E-state index is 6.84. The molecule has 0 N–H and O–H groups in total. The van der Waals surface area contributed by atoms with Crippen LogP contribution in [0.5, 0.6) is 5.75 Å². The van der Waals surface area contributed by atoms with Crippen LogP contribution in [0.15, 0.2) is 67.4 Å². The molecular weight excluding hydrogens is 368 g/mol. The summed E-state index contributed by atoms with van der Waals surface area (Å²) >= 11 is 0. The number of ether oxygens (including phenoxy) is 1. The molecule has 0 saturated carbocycles. The second-order valence-corrected chi connectivity index (χ2v) is 9.03. The molecule has 0 amide bonds. The average molecular weight is 399 g/mol. The van der Waals surface area contributed by atoms with E-state index < -0.39 is 0 Å². The number of pyridine rings is 1. The fourth-order valence-corrected chi connectivity index (χ4v) is 5.55. The largest absolute Gasteiger partial charge is 0.484 e. The van der Waals surface area contributed by atoms with Gasteiger partial charge in [0.15, 0.2) is 0 Å². The first-order valence-corrected chi connectivity index (χ1v) is 11.1. The van der Waals surface area contributed by atoms with Crippen LogP contribution in [0.3, 0.4) is 0 Å². The lowest BCUT2D eigenvalue weighted by Gasteiger charge is -2.51. The van der Waals surface area contributed by atoms with Crippen molar-refractivity contribution in [2.75, 3.05) is 13.1 Å². The summed E-state index contributed by atoms with van der Waals surface area (Å²) in [5, 5.41) is 1.19. The predicted octanol–water partition coefficient (Wildman–Crippen LogP) is 5.87. The number of aryl methyl sites for hydroxylation is 2. The Morgan fingerprint density at radius 1 is 1.13 bits per heavy atom. The van der Waals surface area contributed by atoms with E-state index in [2.05, 4.69) is 84.9 Å². The van der Waals surface area contributed by atoms with Gasteiger partial charge in [-0.05, 0) is 80.5 Å². The smallest absolute Gasteiger partial charge is 0.140 e. The summed E-state index contributed by atoms with van der Waals surface area (Å²) in [6, 6.07) is 17.5. The molecule has 2 bridgehead atoms. The van der Waals surface area contributed by atoms with Crippen molar-refractivity contribution in [1.82, 2.24) is 9.88 Å². The lowest BCUT2D eigenvalue weighted by atomic mass is 9.73. The maximum Gasteiger partial charge on any atom is 0.140 e. The van der Waals surface area contributed by atoms with E-state index in [4.69, 9.17) is 4.74 Å². The van der Waals surface area contributed by atoms with Crippen LogP contribution in [0.4, 0.5) is 0 Å². The minimum Gasteiger partial charge on any atom is -0.484 e. The SMILES string of the molecule is C=C[C@H]1CN2CC[C@H]1C[C@H]2[C@H](Oc1cc(C)cc(C)c1)c1ccnc2ccccc12. The first-order valence-electron chi connectivity index (χ1n) is 11.1. The van der Waals surface area contributed by atoms with Crippen LogP contribution in [0.25, 0.3) is 10.9 Å². The molecule has 30 heavy (non-hydrogen) atoms. The van der Waals surface area contributed by atoms with Crippen LogP contribution < -0.4 is 4.74 Å². The summed E-state index contributed by atoms with van der Waals surface area (Å²) in [7, 11) is 0. The van der Waals surface area contributed by atoms with Gasteiger partial charge in [0, 0.05) is 23.7 Å². The molecule has 3 fully saturated rings. The second kappa shape index (κ2) is 7.88.